The fourth-order valence-electron chi connectivity index (χ4n) is 2.41. The number of anilines is 1. The third-order valence-electron chi connectivity index (χ3n) is 3.52. The topological polar surface area (TPSA) is 34.4 Å². The Balaban J connectivity index is 1.81. The molecule has 0 aliphatic rings. The van der Waals surface area contributed by atoms with Crippen LogP contribution in [0.1, 0.15) is 11.1 Å². The van der Waals surface area contributed by atoms with Crippen LogP contribution >= 0.6 is 0 Å². The molecule has 0 radical (unpaired) electrons. The Bertz CT molecular complexity index is 913. The van der Waals surface area contributed by atoms with Gasteiger partial charge in [-0.15, -0.1) is 13.2 Å². The highest BCUT2D eigenvalue weighted by molar-refractivity contribution is 5.77. The zero-order chi connectivity index (χ0) is 18.9. The highest BCUT2D eigenvalue weighted by Gasteiger charge is 2.39. The van der Waals surface area contributed by atoms with E-state index in [9.17, 15) is 26.3 Å². The first-order valence-electron chi connectivity index (χ1n) is 7.29. The standard InChI is InChI=1S/C17H11F6NO2/c18-16(19,20)13-8-12(2-4-15(13)26-17(21,22)23)24-9-10-1-3-14-11(7-10)5-6-25-14/h1-8,24H,9H2. The number of alkyl halides is 6. The van der Waals surface area contributed by atoms with Crippen LogP contribution in [-0.4, -0.2) is 6.36 Å². The van der Waals surface area contributed by atoms with Crippen molar-refractivity contribution in [2.24, 2.45) is 0 Å². The van der Waals surface area contributed by atoms with Gasteiger partial charge in [0.05, 0.1) is 11.8 Å². The highest BCUT2D eigenvalue weighted by atomic mass is 19.4. The Morgan fingerprint density at radius 3 is 2.38 bits per heavy atom. The van der Waals surface area contributed by atoms with Crippen LogP contribution in [0.2, 0.25) is 0 Å². The Morgan fingerprint density at radius 1 is 0.923 bits per heavy atom. The molecule has 138 valence electrons. The Hall–Kier alpha value is -2.84. The molecule has 0 saturated carbocycles. The summed E-state index contributed by atoms with van der Waals surface area (Å²) in [5.41, 5.74) is -0.0610. The fraction of sp³-hybridized carbons (Fsp3) is 0.176. The minimum Gasteiger partial charge on any atom is -0.464 e. The molecule has 0 unspecified atom stereocenters. The van der Waals surface area contributed by atoms with Gasteiger partial charge in [-0.25, -0.2) is 0 Å². The SMILES string of the molecule is FC(F)(F)Oc1ccc(NCc2ccc3occc3c2)cc1C(F)(F)F. The van der Waals surface area contributed by atoms with Gasteiger partial charge in [0.15, 0.2) is 0 Å². The van der Waals surface area contributed by atoms with E-state index in [4.69, 9.17) is 4.42 Å². The van der Waals surface area contributed by atoms with Gasteiger partial charge in [0.25, 0.3) is 0 Å². The Kier molecular flexibility index (Phi) is 4.47. The lowest BCUT2D eigenvalue weighted by Gasteiger charge is -2.17. The maximum atomic E-state index is 13.0. The van der Waals surface area contributed by atoms with Crippen molar-refractivity contribution in [3.8, 4) is 5.75 Å². The number of hydrogen-bond donors (Lipinski definition) is 1. The van der Waals surface area contributed by atoms with Crippen LogP contribution in [-0.2, 0) is 12.7 Å². The van der Waals surface area contributed by atoms with Crippen molar-refractivity contribution in [3.05, 3.63) is 59.9 Å². The number of nitrogens with one attached hydrogen (secondary N) is 1. The van der Waals surface area contributed by atoms with Crippen LogP contribution in [0.4, 0.5) is 32.0 Å². The third kappa shape index (κ3) is 4.22. The maximum absolute atomic E-state index is 13.0. The monoisotopic (exact) mass is 375 g/mol. The van der Waals surface area contributed by atoms with Crippen molar-refractivity contribution in [1.29, 1.82) is 0 Å². The summed E-state index contributed by atoms with van der Waals surface area (Å²) in [4.78, 5) is 0. The molecule has 0 atom stereocenters. The molecule has 1 heterocycles. The van der Waals surface area contributed by atoms with E-state index in [0.717, 1.165) is 17.0 Å². The van der Waals surface area contributed by atoms with Crippen LogP contribution in [0.5, 0.6) is 5.75 Å². The molecule has 3 aromatic rings. The Morgan fingerprint density at radius 2 is 1.69 bits per heavy atom. The van der Waals surface area contributed by atoms with Crippen molar-refractivity contribution in [3.63, 3.8) is 0 Å². The second-order valence-corrected chi connectivity index (χ2v) is 5.40. The van der Waals surface area contributed by atoms with Crippen LogP contribution in [0.3, 0.4) is 0 Å². The van der Waals surface area contributed by atoms with Crippen molar-refractivity contribution < 1.29 is 35.5 Å². The molecule has 26 heavy (non-hydrogen) atoms. The first-order valence-corrected chi connectivity index (χ1v) is 7.29. The van der Waals surface area contributed by atoms with E-state index >= 15 is 0 Å². The second-order valence-electron chi connectivity index (χ2n) is 5.40. The van der Waals surface area contributed by atoms with E-state index in [2.05, 4.69) is 10.1 Å². The molecule has 1 aromatic heterocycles. The van der Waals surface area contributed by atoms with E-state index in [1.165, 1.54) is 6.26 Å². The van der Waals surface area contributed by atoms with Crippen molar-refractivity contribution >= 4 is 16.7 Å². The summed E-state index contributed by atoms with van der Waals surface area (Å²) in [5.74, 6) is -1.30. The summed E-state index contributed by atoms with van der Waals surface area (Å²) in [6.45, 7) is 0.178. The molecular weight excluding hydrogens is 364 g/mol. The van der Waals surface area contributed by atoms with Crippen molar-refractivity contribution in [1.82, 2.24) is 0 Å². The average Bonchev–Trinajstić information content (AvgIpc) is 2.99. The molecule has 0 amide bonds. The first kappa shape index (κ1) is 18.0. The number of ether oxygens (including phenoxy) is 1. The lowest BCUT2D eigenvalue weighted by Crippen LogP contribution is -2.20. The van der Waals surface area contributed by atoms with E-state index in [0.29, 0.717) is 17.7 Å². The minimum absolute atomic E-state index is 0.0131. The summed E-state index contributed by atoms with van der Waals surface area (Å²) < 4.78 is 84.5. The van der Waals surface area contributed by atoms with E-state index in [-0.39, 0.29) is 12.2 Å². The number of halogens is 6. The number of fused-ring (bicyclic) bond motifs is 1. The summed E-state index contributed by atoms with van der Waals surface area (Å²) >= 11 is 0. The molecule has 1 N–H and O–H groups in total. The van der Waals surface area contributed by atoms with Gasteiger partial charge in [-0.2, -0.15) is 13.2 Å². The van der Waals surface area contributed by atoms with E-state index in [1.54, 1.807) is 24.3 Å². The van der Waals surface area contributed by atoms with Crippen LogP contribution in [0.15, 0.2) is 53.1 Å². The fourth-order valence-corrected chi connectivity index (χ4v) is 2.41. The molecule has 0 bridgehead atoms. The van der Waals surface area contributed by atoms with Crippen LogP contribution in [0, 0.1) is 0 Å². The highest BCUT2D eigenvalue weighted by Crippen LogP contribution is 2.39. The van der Waals surface area contributed by atoms with Crippen LogP contribution in [0.25, 0.3) is 11.0 Å². The number of benzene rings is 2. The quantitative estimate of drug-likeness (QED) is 0.571. The third-order valence-corrected chi connectivity index (χ3v) is 3.52. The van der Waals surface area contributed by atoms with Gasteiger partial charge in [0, 0.05) is 17.6 Å². The number of furan rings is 1. The molecule has 0 saturated heterocycles. The van der Waals surface area contributed by atoms with Crippen molar-refractivity contribution in [2.75, 3.05) is 5.32 Å². The summed E-state index contributed by atoms with van der Waals surface area (Å²) in [6.07, 6.45) is -8.69. The summed E-state index contributed by atoms with van der Waals surface area (Å²) in [5, 5.41) is 3.58. The molecule has 3 rings (SSSR count). The van der Waals surface area contributed by atoms with Gasteiger partial charge in [0.1, 0.15) is 11.3 Å². The van der Waals surface area contributed by atoms with E-state index < -0.39 is 23.9 Å². The second kappa shape index (κ2) is 6.47. The minimum atomic E-state index is -5.21. The molecule has 2 aromatic carbocycles. The van der Waals surface area contributed by atoms with Gasteiger partial charge in [-0.3, -0.25) is 0 Å². The largest absolute Gasteiger partial charge is 0.573 e. The molecule has 0 aliphatic carbocycles. The van der Waals surface area contributed by atoms with E-state index in [1.807, 2.05) is 0 Å². The van der Waals surface area contributed by atoms with Gasteiger partial charge >= 0.3 is 12.5 Å². The average molecular weight is 375 g/mol. The maximum Gasteiger partial charge on any atom is 0.573 e. The predicted molar refractivity (Wildman–Crippen MR) is 81.7 cm³/mol. The van der Waals surface area contributed by atoms with Gasteiger partial charge < -0.3 is 14.5 Å². The molecular formula is C17H11F6NO2. The first-order chi connectivity index (χ1) is 12.1. The summed E-state index contributed by atoms with van der Waals surface area (Å²) in [6, 6.07) is 9.28. The molecule has 0 spiro atoms. The van der Waals surface area contributed by atoms with Crippen molar-refractivity contribution in [2.45, 2.75) is 19.1 Å². The zero-order valence-electron chi connectivity index (χ0n) is 12.9. The van der Waals surface area contributed by atoms with Gasteiger partial charge in [-0.05, 0) is 42.0 Å². The predicted octanol–water partition coefficient (Wildman–Crippen LogP) is 5.96. The van der Waals surface area contributed by atoms with Gasteiger partial charge in [-0.1, -0.05) is 6.07 Å². The zero-order valence-corrected chi connectivity index (χ0v) is 12.9. The normalized spacial score (nSPS) is 12.4. The number of rotatable bonds is 4. The Labute approximate surface area is 143 Å². The number of hydrogen-bond acceptors (Lipinski definition) is 3. The molecule has 9 heteroatoms. The summed E-state index contributed by atoms with van der Waals surface area (Å²) in [7, 11) is 0. The molecule has 0 fully saturated rings. The molecule has 3 nitrogen and oxygen atoms in total. The van der Waals surface area contributed by atoms with Gasteiger partial charge in [0.2, 0.25) is 0 Å². The lowest BCUT2D eigenvalue weighted by atomic mass is 10.1. The molecule has 0 aliphatic heterocycles. The smallest absolute Gasteiger partial charge is 0.464 e. The van der Waals surface area contributed by atoms with Crippen LogP contribution < -0.4 is 10.1 Å². The lowest BCUT2D eigenvalue weighted by molar-refractivity contribution is -0.276.